The topological polar surface area (TPSA) is 168 Å². The molecule has 0 atom stereocenters. The Morgan fingerprint density at radius 2 is 0.854 bits per heavy atom. The maximum Gasteiger partial charge on any atom is 0.340 e. The van der Waals surface area contributed by atoms with E-state index in [-0.39, 0.29) is 22.6 Å². The van der Waals surface area contributed by atoms with Gasteiger partial charge in [-0.1, -0.05) is 36.4 Å². The first-order valence-corrected chi connectivity index (χ1v) is 12.4. The summed E-state index contributed by atoms with van der Waals surface area (Å²) in [5, 5.41) is 37.5. The van der Waals surface area contributed by atoms with Crippen molar-refractivity contribution in [3.8, 4) is 23.0 Å². The van der Waals surface area contributed by atoms with Gasteiger partial charge in [0, 0.05) is 0 Å². The van der Waals surface area contributed by atoms with Gasteiger partial charge in [-0.05, 0) is 78.9 Å². The molecule has 0 aromatic heterocycles. The summed E-state index contributed by atoms with van der Waals surface area (Å²) >= 11 is 0. The third-order valence-electron chi connectivity index (χ3n) is 6.17. The first kappa shape index (κ1) is 28.4. The van der Waals surface area contributed by atoms with Gasteiger partial charge < -0.3 is 29.9 Å². The lowest BCUT2D eigenvalue weighted by Crippen LogP contribution is -2.09. The van der Waals surface area contributed by atoms with E-state index in [1.54, 1.807) is 24.3 Å². The molecule has 0 bridgehead atoms. The zero-order valence-electron chi connectivity index (χ0n) is 21.4. The summed E-state index contributed by atoms with van der Waals surface area (Å²) in [6, 6.07) is 22.2. The molecule has 0 aliphatic rings. The minimum Gasteiger partial charge on any atom is -0.478 e. The van der Waals surface area contributed by atoms with Crippen LogP contribution in [0.3, 0.4) is 0 Å². The number of ether oxygens (including phenoxy) is 2. The van der Waals surface area contributed by atoms with Crippen LogP contribution in [0.15, 0.2) is 84.9 Å². The van der Waals surface area contributed by atoms with Gasteiger partial charge in [0.1, 0.15) is 34.1 Å². The molecule has 0 fully saturated rings. The molecular formula is C31H24O10. The quantitative estimate of drug-likeness (QED) is 0.157. The van der Waals surface area contributed by atoms with Crippen LogP contribution in [0.5, 0.6) is 23.0 Å². The summed E-state index contributed by atoms with van der Waals surface area (Å²) in [4.78, 5) is 46.0. The highest BCUT2D eigenvalue weighted by atomic mass is 16.5. The summed E-state index contributed by atoms with van der Waals surface area (Å²) in [5.41, 5.74) is 0.490. The summed E-state index contributed by atoms with van der Waals surface area (Å²) < 4.78 is 11.3. The summed E-state index contributed by atoms with van der Waals surface area (Å²) in [6.45, 7) is 0. The van der Waals surface area contributed by atoms with Crippen molar-refractivity contribution in [2.45, 2.75) is 19.3 Å². The molecule has 208 valence electrons. The number of aryl methyl sites for hydroxylation is 2. The van der Waals surface area contributed by atoms with Crippen LogP contribution < -0.4 is 9.47 Å². The van der Waals surface area contributed by atoms with Crippen LogP contribution in [0, 0.1) is 0 Å². The van der Waals surface area contributed by atoms with Gasteiger partial charge in [0.25, 0.3) is 0 Å². The zero-order valence-corrected chi connectivity index (χ0v) is 21.4. The van der Waals surface area contributed by atoms with Crippen molar-refractivity contribution in [2.24, 2.45) is 0 Å². The molecule has 0 unspecified atom stereocenters. The van der Waals surface area contributed by atoms with Gasteiger partial charge in [0.15, 0.2) is 0 Å². The number of carboxylic acid groups (broad SMARTS) is 4. The van der Waals surface area contributed by atoms with Gasteiger partial charge >= 0.3 is 23.9 Å². The highest BCUT2D eigenvalue weighted by molar-refractivity contribution is 6.04. The molecule has 0 aliphatic heterocycles. The van der Waals surface area contributed by atoms with Crippen molar-refractivity contribution in [3.05, 3.63) is 118 Å². The van der Waals surface area contributed by atoms with Crippen LogP contribution in [0.1, 0.15) is 59.0 Å². The van der Waals surface area contributed by atoms with Crippen molar-refractivity contribution < 1.29 is 49.1 Å². The Hall–Kier alpha value is -5.64. The zero-order chi connectivity index (χ0) is 29.5. The molecule has 4 aromatic carbocycles. The maximum absolute atomic E-state index is 11.6. The fourth-order valence-electron chi connectivity index (χ4n) is 4.23. The van der Waals surface area contributed by atoms with Crippen molar-refractivity contribution in [1.82, 2.24) is 0 Å². The third-order valence-corrected chi connectivity index (χ3v) is 6.17. The lowest BCUT2D eigenvalue weighted by atomic mass is 10.0. The van der Waals surface area contributed by atoms with Crippen molar-refractivity contribution in [1.29, 1.82) is 0 Å². The molecule has 4 aromatic rings. The van der Waals surface area contributed by atoms with E-state index in [2.05, 4.69) is 0 Å². The number of hydrogen-bond donors (Lipinski definition) is 4. The molecule has 41 heavy (non-hydrogen) atoms. The Labute approximate surface area is 233 Å². The van der Waals surface area contributed by atoms with E-state index in [1.807, 2.05) is 24.3 Å². The largest absolute Gasteiger partial charge is 0.478 e. The normalized spacial score (nSPS) is 10.5. The number of benzene rings is 4. The van der Waals surface area contributed by atoms with Gasteiger partial charge in [0.05, 0.1) is 11.1 Å². The Kier molecular flexibility index (Phi) is 8.63. The monoisotopic (exact) mass is 556 g/mol. The number of carboxylic acids is 4. The Morgan fingerprint density at radius 3 is 1.17 bits per heavy atom. The SMILES string of the molecule is O=C(O)c1cccc(Oc2ccc(CCCc3ccc(Oc4cccc(C(=O)O)c4C(=O)O)cc3)cc2)c1C(=O)O. The highest BCUT2D eigenvalue weighted by Gasteiger charge is 2.22. The molecule has 0 amide bonds. The molecule has 0 aliphatic carbocycles. The van der Waals surface area contributed by atoms with Gasteiger partial charge in [0.2, 0.25) is 0 Å². The maximum atomic E-state index is 11.6. The smallest absolute Gasteiger partial charge is 0.340 e. The number of rotatable bonds is 12. The first-order valence-electron chi connectivity index (χ1n) is 12.4. The second kappa shape index (κ2) is 12.5. The second-order valence-electron chi connectivity index (χ2n) is 8.92. The van der Waals surface area contributed by atoms with E-state index in [0.29, 0.717) is 11.5 Å². The second-order valence-corrected chi connectivity index (χ2v) is 8.92. The summed E-state index contributed by atoms with van der Waals surface area (Å²) in [7, 11) is 0. The van der Waals surface area contributed by atoms with E-state index in [1.165, 1.54) is 36.4 Å². The fourth-order valence-corrected chi connectivity index (χ4v) is 4.23. The van der Waals surface area contributed by atoms with Gasteiger partial charge in [-0.2, -0.15) is 0 Å². The molecule has 4 N–H and O–H groups in total. The molecule has 0 saturated carbocycles. The molecule has 0 spiro atoms. The summed E-state index contributed by atoms with van der Waals surface area (Å²) in [5.74, 6) is -4.90. The van der Waals surface area contributed by atoms with Crippen LogP contribution >= 0.6 is 0 Å². The average Bonchev–Trinajstić information content (AvgIpc) is 2.94. The Bertz CT molecular complexity index is 1480. The predicted molar refractivity (Wildman–Crippen MR) is 146 cm³/mol. The van der Waals surface area contributed by atoms with Gasteiger partial charge in [-0.3, -0.25) is 0 Å². The molecule has 0 radical (unpaired) electrons. The number of hydrogen-bond acceptors (Lipinski definition) is 6. The molecule has 4 rings (SSSR count). The van der Waals surface area contributed by atoms with Crippen LogP contribution in [-0.2, 0) is 12.8 Å². The van der Waals surface area contributed by atoms with Gasteiger partial charge in [-0.15, -0.1) is 0 Å². The standard InChI is InChI=1S/C31H24O10/c32-28(33)22-6-2-8-24(26(22)30(36)37)40-20-14-10-18(11-15-20)4-1-5-19-12-16-21(17-13-19)41-25-9-3-7-23(29(34)35)27(25)31(38)39/h2-3,6-17H,1,4-5H2,(H,32,33)(H,34,35)(H,36,37)(H,38,39). The Morgan fingerprint density at radius 1 is 0.488 bits per heavy atom. The van der Waals surface area contributed by atoms with Crippen LogP contribution in [0.25, 0.3) is 0 Å². The predicted octanol–water partition coefficient (Wildman–Crippen LogP) is 6.24. The fraction of sp³-hybridized carbons (Fsp3) is 0.0968. The third kappa shape index (κ3) is 6.87. The molecule has 10 heteroatoms. The Balaban J connectivity index is 1.34. The van der Waals surface area contributed by atoms with Crippen molar-refractivity contribution in [2.75, 3.05) is 0 Å². The molecular weight excluding hydrogens is 532 g/mol. The van der Waals surface area contributed by atoms with E-state index in [0.717, 1.165) is 30.4 Å². The summed E-state index contributed by atoms with van der Waals surface area (Å²) in [6.07, 6.45) is 2.31. The van der Waals surface area contributed by atoms with E-state index in [4.69, 9.17) is 9.47 Å². The molecule has 0 saturated heterocycles. The average molecular weight is 557 g/mol. The minimum absolute atomic E-state index is 0.0636. The van der Waals surface area contributed by atoms with E-state index in [9.17, 15) is 39.6 Å². The van der Waals surface area contributed by atoms with Crippen molar-refractivity contribution in [3.63, 3.8) is 0 Å². The van der Waals surface area contributed by atoms with Crippen LogP contribution in [0.2, 0.25) is 0 Å². The molecule has 10 nitrogen and oxygen atoms in total. The van der Waals surface area contributed by atoms with Crippen LogP contribution in [-0.4, -0.2) is 44.3 Å². The molecule has 0 heterocycles. The number of carbonyl (C=O) groups is 4. The van der Waals surface area contributed by atoms with Crippen LogP contribution in [0.4, 0.5) is 0 Å². The lowest BCUT2D eigenvalue weighted by Gasteiger charge is -2.12. The lowest BCUT2D eigenvalue weighted by molar-refractivity contribution is 0.0649. The van der Waals surface area contributed by atoms with Crippen molar-refractivity contribution >= 4 is 23.9 Å². The first-order chi connectivity index (χ1) is 19.6. The van der Waals surface area contributed by atoms with Gasteiger partial charge in [-0.25, -0.2) is 19.2 Å². The highest BCUT2D eigenvalue weighted by Crippen LogP contribution is 2.30. The number of aromatic carboxylic acids is 4. The van der Waals surface area contributed by atoms with E-state index >= 15 is 0 Å². The minimum atomic E-state index is -1.40. The van der Waals surface area contributed by atoms with E-state index < -0.39 is 35.0 Å².